The average molecular weight is 352 g/mol. The Balaban J connectivity index is 3.25. The van der Waals surface area contributed by atoms with Crippen molar-refractivity contribution in [2.24, 2.45) is 0 Å². The summed E-state index contributed by atoms with van der Waals surface area (Å²) in [6.07, 6.45) is 0. The maximum absolute atomic E-state index is 4.37. The van der Waals surface area contributed by atoms with Gasteiger partial charge in [0, 0.05) is 0 Å². The first-order valence-corrected chi connectivity index (χ1v) is 8.07. The number of benzene rings is 1. The van der Waals surface area contributed by atoms with Crippen LogP contribution >= 0.6 is 12.6 Å². The van der Waals surface area contributed by atoms with Crippen LogP contribution in [0.5, 0.6) is 0 Å². The molecule has 0 bridgehead atoms. The summed E-state index contributed by atoms with van der Waals surface area (Å²) in [4.78, 5) is 1.12. The van der Waals surface area contributed by atoms with Crippen LogP contribution in [0.25, 0.3) is 0 Å². The second-order valence-corrected chi connectivity index (χ2v) is 5.17. The number of hydrogen-bond donors (Lipinski definition) is 1. The molecule has 0 aliphatic carbocycles. The molecule has 0 unspecified atom stereocenters. The van der Waals surface area contributed by atoms with E-state index in [9.17, 15) is 0 Å². The summed E-state index contributed by atoms with van der Waals surface area (Å²) in [5.74, 6) is 0. The zero-order valence-corrected chi connectivity index (χ0v) is 13.4. The second-order valence-electron chi connectivity index (χ2n) is 2.74. The monoisotopic (exact) mass is 353 g/mol. The van der Waals surface area contributed by atoms with Crippen molar-refractivity contribution in [3.63, 3.8) is 0 Å². The number of hydrogen-bond acceptors (Lipinski definition) is 1. The summed E-state index contributed by atoms with van der Waals surface area (Å²) in [7, 11) is 0. The standard InChI is InChI=1S/C9H11S.Hg/c1-6-4-5-9(10)8(3)7(6)2;/h4-5,10H,1H2,2-3H3;. The van der Waals surface area contributed by atoms with E-state index in [1.54, 1.807) is 0 Å². The van der Waals surface area contributed by atoms with Gasteiger partial charge in [-0.15, -0.1) is 0 Å². The van der Waals surface area contributed by atoms with Gasteiger partial charge in [-0.3, -0.25) is 0 Å². The van der Waals surface area contributed by atoms with Gasteiger partial charge in [0.05, 0.1) is 0 Å². The Morgan fingerprint density at radius 2 is 1.91 bits per heavy atom. The van der Waals surface area contributed by atoms with Gasteiger partial charge >= 0.3 is 90.2 Å². The van der Waals surface area contributed by atoms with Gasteiger partial charge < -0.3 is 0 Å². The fraction of sp³-hybridized carbons (Fsp3) is 0.333. The van der Waals surface area contributed by atoms with Crippen molar-refractivity contribution in [1.82, 2.24) is 0 Å². The van der Waals surface area contributed by atoms with Crippen molar-refractivity contribution in [3.05, 3.63) is 28.8 Å². The molecule has 0 aromatic heterocycles. The Labute approximate surface area is 89.8 Å². The molecule has 2 heteroatoms. The van der Waals surface area contributed by atoms with E-state index < -0.39 is 0 Å². The molecule has 0 saturated carbocycles. The second kappa shape index (κ2) is 3.95. The molecule has 0 aliphatic rings. The fourth-order valence-electron chi connectivity index (χ4n) is 1.13. The van der Waals surface area contributed by atoms with Crippen LogP contribution in [0.2, 0.25) is 0 Å². The predicted octanol–water partition coefficient (Wildman–Crippen LogP) is 2.64. The van der Waals surface area contributed by atoms with Gasteiger partial charge in [-0.25, -0.2) is 0 Å². The fourth-order valence-corrected chi connectivity index (χ4v) is 3.48. The Hall–Kier alpha value is 0.505. The zero-order chi connectivity index (χ0) is 8.43. The molecular formula is C9H11HgS. The number of thiol groups is 1. The van der Waals surface area contributed by atoms with E-state index in [-0.39, 0.29) is 0 Å². The Kier molecular flexibility index (Phi) is 3.44. The van der Waals surface area contributed by atoms with E-state index in [0.29, 0.717) is 0 Å². The Morgan fingerprint density at radius 3 is 2.45 bits per heavy atom. The van der Waals surface area contributed by atoms with Gasteiger partial charge in [0.15, 0.2) is 0 Å². The molecule has 0 N–H and O–H groups in total. The topological polar surface area (TPSA) is 0 Å². The number of rotatable bonds is 1. The molecular weight excluding hydrogens is 341 g/mol. The van der Waals surface area contributed by atoms with E-state index in [1.165, 1.54) is 20.6 Å². The van der Waals surface area contributed by atoms with Crippen LogP contribution in [0.3, 0.4) is 0 Å². The van der Waals surface area contributed by atoms with Gasteiger partial charge in [0.2, 0.25) is 0 Å². The van der Waals surface area contributed by atoms with Gasteiger partial charge in [0.25, 0.3) is 0 Å². The third kappa shape index (κ3) is 2.00. The summed E-state index contributed by atoms with van der Waals surface area (Å²) < 4.78 is 1.31. The Bertz CT molecular complexity index is 269. The summed E-state index contributed by atoms with van der Waals surface area (Å²) in [5.41, 5.74) is 4.30. The molecule has 1 aromatic carbocycles. The van der Waals surface area contributed by atoms with Gasteiger partial charge in [-0.1, -0.05) is 0 Å². The molecule has 0 spiro atoms. The molecule has 0 nitrogen and oxygen atoms in total. The van der Waals surface area contributed by atoms with Crippen molar-refractivity contribution >= 4 is 12.6 Å². The molecule has 0 atom stereocenters. The first-order chi connectivity index (χ1) is 5.16. The van der Waals surface area contributed by atoms with Crippen LogP contribution in [0.1, 0.15) is 16.7 Å². The normalized spacial score (nSPS) is 10.3. The first kappa shape index (κ1) is 9.59. The van der Waals surface area contributed by atoms with Crippen LogP contribution in [0, 0.1) is 13.8 Å². The minimum atomic E-state index is 0.872. The van der Waals surface area contributed by atoms with E-state index in [0.717, 1.165) is 31.0 Å². The van der Waals surface area contributed by atoms with Crippen molar-refractivity contribution in [2.75, 3.05) is 0 Å². The van der Waals surface area contributed by atoms with Crippen LogP contribution in [0.15, 0.2) is 17.0 Å². The quantitative estimate of drug-likeness (QED) is 0.583. The Morgan fingerprint density at radius 1 is 1.27 bits per heavy atom. The van der Waals surface area contributed by atoms with Crippen molar-refractivity contribution in [1.29, 1.82) is 0 Å². The van der Waals surface area contributed by atoms with E-state index in [1.807, 2.05) is 0 Å². The minimum absolute atomic E-state index is 0.872. The SMILES string of the molecule is Cc1c(S)ccc([CH2][Hg])c1C. The summed E-state index contributed by atoms with van der Waals surface area (Å²) in [6.45, 7) is 4.34. The van der Waals surface area contributed by atoms with E-state index in [2.05, 4.69) is 38.6 Å². The van der Waals surface area contributed by atoms with Gasteiger partial charge in [-0.05, 0) is 0 Å². The first-order valence-electron chi connectivity index (χ1n) is 3.74. The zero-order valence-electron chi connectivity index (χ0n) is 7.02. The third-order valence-corrected chi connectivity index (χ3v) is 4.72. The molecule has 0 radical (unpaired) electrons. The molecule has 0 aliphatic heterocycles. The predicted molar refractivity (Wildman–Crippen MR) is 46.9 cm³/mol. The van der Waals surface area contributed by atoms with Crippen LogP contribution in [-0.4, -0.2) is 0 Å². The summed E-state index contributed by atoms with van der Waals surface area (Å²) in [6, 6.07) is 4.31. The van der Waals surface area contributed by atoms with Crippen LogP contribution in [-0.2, 0) is 30.1 Å². The van der Waals surface area contributed by atoms with E-state index >= 15 is 0 Å². The molecule has 55 valence electrons. The van der Waals surface area contributed by atoms with E-state index in [4.69, 9.17) is 0 Å². The molecule has 0 fully saturated rings. The average Bonchev–Trinajstić information content (AvgIpc) is 2.01. The molecule has 11 heavy (non-hydrogen) atoms. The summed E-state index contributed by atoms with van der Waals surface area (Å²) >= 11 is 5.24. The van der Waals surface area contributed by atoms with Gasteiger partial charge in [-0.2, -0.15) is 0 Å². The molecule has 0 amide bonds. The molecule has 1 rings (SSSR count). The van der Waals surface area contributed by atoms with Crippen molar-refractivity contribution in [3.8, 4) is 0 Å². The third-order valence-electron chi connectivity index (χ3n) is 2.14. The molecule has 0 saturated heterocycles. The van der Waals surface area contributed by atoms with Crippen LogP contribution in [0.4, 0.5) is 0 Å². The maximum atomic E-state index is 4.37. The van der Waals surface area contributed by atoms with Crippen molar-refractivity contribution in [2.45, 2.75) is 22.7 Å². The molecule has 1 aromatic rings. The summed E-state index contributed by atoms with van der Waals surface area (Å²) in [5, 5.41) is 0. The van der Waals surface area contributed by atoms with Crippen molar-refractivity contribution < 1.29 is 26.1 Å². The van der Waals surface area contributed by atoms with Gasteiger partial charge in [0.1, 0.15) is 0 Å². The van der Waals surface area contributed by atoms with Crippen LogP contribution < -0.4 is 0 Å². The molecule has 0 heterocycles.